The van der Waals surface area contributed by atoms with E-state index < -0.39 is 59.0 Å². The number of oxazole rings is 1. The number of fused-ring (bicyclic) bond motifs is 6. The molecule has 6 aliphatic rings. The van der Waals surface area contributed by atoms with E-state index in [0.29, 0.717) is 60.6 Å². The number of nitrogens with zero attached hydrogens (tertiary/aromatic N) is 7. The van der Waals surface area contributed by atoms with Gasteiger partial charge in [0.2, 0.25) is 17.7 Å². The molecule has 0 spiro atoms. The third-order valence-corrected chi connectivity index (χ3v) is 13.6. The van der Waals surface area contributed by atoms with Gasteiger partial charge in [-0.1, -0.05) is 0 Å². The second-order valence-electron chi connectivity index (χ2n) is 16.3. The largest absolute Gasteiger partial charge is 0.465 e. The Morgan fingerprint density at radius 2 is 1.04 bits per heavy atom. The molecule has 4 amide bonds. The molecule has 2 N–H and O–H groups in total. The lowest BCUT2D eigenvalue weighted by Crippen LogP contribution is -2.58. The molecule has 8 atom stereocenters. The first kappa shape index (κ1) is 32.5. The minimum absolute atomic E-state index is 0.0116. The second kappa shape index (κ2) is 10.9. The van der Waals surface area contributed by atoms with Crippen LogP contribution in [0.1, 0.15) is 72.6 Å². The van der Waals surface area contributed by atoms with Crippen molar-refractivity contribution in [3.63, 3.8) is 0 Å². The molecular formula is C39H37N7O9. The van der Waals surface area contributed by atoms with Crippen LogP contribution in [0.5, 0.6) is 0 Å². The van der Waals surface area contributed by atoms with Crippen LogP contribution in [-0.4, -0.2) is 117 Å². The fourth-order valence-corrected chi connectivity index (χ4v) is 10.9. The van der Waals surface area contributed by atoms with Crippen molar-refractivity contribution in [3.05, 3.63) is 66.4 Å². The van der Waals surface area contributed by atoms with Crippen molar-refractivity contribution in [2.45, 2.75) is 86.6 Å². The van der Waals surface area contributed by atoms with Gasteiger partial charge in [0.25, 0.3) is 11.8 Å². The van der Waals surface area contributed by atoms with Crippen LogP contribution in [0.2, 0.25) is 0 Å². The fraction of sp³-hybridized carbons (Fsp3) is 0.462. The van der Waals surface area contributed by atoms with E-state index in [4.69, 9.17) is 9.40 Å². The molecule has 16 heteroatoms. The molecule has 9 heterocycles. The van der Waals surface area contributed by atoms with Crippen molar-refractivity contribution in [2.24, 2.45) is 11.8 Å². The predicted octanol–water partition coefficient (Wildman–Crippen LogP) is 4.06. The van der Waals surface area contributed by atoms with Crippen LogP contribution >= 0.6 is 0 Å². The molecule has 4 bridgehead atoms. The van der Waals surface area contributed by atoms with Crippen LogP contribution < -0.4 is 0 Å². The van der Waals surface area contributed by atoms with Crippen molar-refractivity contribution in [3.8, 4) is 0 Å². The molecule has 6 fully saturated rings. The normalized spacial score (nSPS) is 32.2. The van der Waals surface area contributed by atoms with Crippen LogP contribution in [0, 0.1) is 11.8 Å². The van der Waals surface area contributed by atoms with Crippen molar-refractivity contribution in [2.75, 3.05) is 13.1 Å². The molecule has 0 radical (unpaired) electrons. The first-order valence-corrected chi connectivity index (χ1v) is 19.1. The van der Waals surface area contributed by atoms with Crippen molar-refractivity contribution in [1.82, 2.24) is 33.7 Å². The highest BCUT2D eigenvalue weighted by molar-refractivity contribution is 6.03. The van der Waals surface area contributed by atoms with Crippen LogP contribution in [-0.2, 0) is 20.7 Å². The highest BCUT2D eigenvalue weighted by Crippen LogP contribution is 2.53. The van der Waals surface area contributed by atoms with Gasteiger partial charge in [0.05, 0.1) is 6.20 Å². The molecule has 2 saturated carbocycles. The number of hydrogen-bond acceptors (Lipinski definition) is 8. The molecule has 11 rings (SSSR count). The van der Waals surface area contributed by atoms with Crippen molar-refractivity contribution >= 4 is 57.9 Å². The Balaban J connectivity index is 1.05. The maximum atomic E-state index is 15.1. The molecule has 0 unspecified atom stereocenters. The summed E-state index contributed by atoms with van der Waals surface area (Å²) < 4.78 is 9.77. The van der Waals surface area contributed by atoms with Crippen LogP contribution in [0.3, 0.4) is 0 Å². The summed E-state index contributed by atoms with van der Waals surface area (Å²) in [6, 6.07) is 12.0. The monoisotopic (exact) mass is 747 g/mol. The molecular weight excluding hydrogens is 710 g/mol. The van der Waals surface area contributed by atoms with Crippen molar-refractivity contribution in [1.29, 1.82) is 0 Å². The number of carboxylic acid groups (broad SMARTS) is 2. The number of piperidine rings is 2. The molecule has 4 aliphatic heterocycles. The van der Waals surface area contributed by atoms with E-state index in [1.807, 2.05) is 0 Å². The Kier molecular flexibility index (Phi) is 6.41. The van der Waals surface area contributed by atoms with E-state index in [1.54, 1.807) is 48.5 Å². The molecule has 16 nitrogen and oxygen atoms in total. The lowest BCUT2D eigenvalue weighted by molar-refractivity contribution is -0.140. The zero-order valence-corrected chi connectivity index (χ0v) is 29.6. The minimum Gasteiger partial charge on any atom is -0.465 e. The molecule has 282 valence electrons. The molecule has 5 aromatic heterocycles. The van der Waals surface area contributed by atoms with Gasteiger partial charge < -0.3 is 24.4 Å². The van der Waals surface area contributed by atoms with Gasteiger partial charge in [-0.3, -0.25) is 38.1 Å². The Labute approximate surface area is 312 Å². The quantitative estimate of drug-likeness (QED) is 0.256. The first-order valence-electron chi connectivity index (χ1n) is 19.1. The van der Waals surface area contributed by atoms with E-state index in [0.717, 1.165) is 0 Å². The van der Waals surface area contributed by atoms with Crippen LogP contribution in [0.4, 0.5) is 9.59 Å². The number of likely N-dealkylation sites (tertiary alicyclic amines) is 4. The Hall–Kier alpha value is -5.93. The third kappa shape index (κ3) is 4.14. The highest BCUT2D eigenvalue weighted by Gasteiger charge is 2.64. The summed E-state index contributed by atoms with van der Waals surface area (Å²) in [5.74, 6) is -1.89. The molecule has 2 aliphatic carbocycles. The summed E-state index contributed by atoms with van der Waals surface area (Å²) in [5, 5.41) is 20.3. The Morgan fingerprint density at radius 3 is 1.49 bits per heavy atom. The third-order valence-electron chi connectivity index (χ3n) is 13.6. The van der Waals surface area contributed by atoms with Crippen LogP contribution in [0.25, 0.3) is 22.1 Å². The smallest absolute Gasteiger partial charge is 0.408 e. The summed E-state index contributed by atoms with van der Waals surface area (Å²) in [5.41, 5.74) is -1.11. The summed E-state index contributed by atoms with van der Waals surface area (Å²) in [4.78, 5) is 94.5. The zero-order valence-electron chi connectivity index (χ0n) is 29.6. The number of aromatic nitrogens is 3. The summed E-state index contributed by atoms with van der Waals surface area (Å²) >= 11 is 0. The van der Waals surface area contributed by atoms with Crippen molar-refractivity contribution < 1.29 is 43.4 Å². The number of carbonyl (C=O) groups is 6. The number of amides is 4. The number of hydrogen-bond donors (Lipinski definition) is 2. The molecule has 5 aromatic rings. The molecule has 55 heavy (non-hydrogen) atoms. The van der Waals surface area contributed by atoms with Gasteiger partial charge in [-0.2, -0.15) is 0 Å². The summed E-state index contributed by atoms with van der Waals surface area (Å²) in [7, 11) is 0. The number of rotatable bonds is 6. The number of benzene rings is 2. The van der Waals surface area contributed by atoms with Gasteiger partial charge in [-0.05, 0) is 112 Å². The van der Waals surface area contributed by atoms with Gasteiger partial charge in [0.15, 0.2) is 16.8 Å². The van der Waals surface area contributed by atoms with Gasteiger partial charge in [0, 0.05) is 47.2 Å². The SMILES string of the molecule is O=C(O)N1[C@H](C(=O)N2CCC[C@@]2(C(=O)n2c3ccc2cc3)c2cnc([C@]3(C(=O)n4c5ccc4cc5)CCCN3C(=O)[C@@H]3C[C@@H]4C[C@@H]4N3C(=O)O)o2)C[C@@H]2C[C@@H]21. The van der Waals surface area contributed by atoms with Crippen LogP contribution in [0.15, 0.2) is 59.1 Å². The lowest BCUT2D eigenvalue weighted by Gasteiger charge is -2.39. The second-order valence-corrected chi connectivity index (χ2v) is 16.3. The lowest BCUT2D eigenvalue weighted by atomic mass is 9.90. The maximum absolute atomic E-state index is 15.1. The minimum atomic E-state index is -1.80. The summed E-state index contributed by atoms with van der Waals surface area (Å²) in [6.07, 6.45) is 2.20. The van der Waals surface area contributed by atoms with E-state index in [2.05, 4.69) is 0 Å². The average Bonchev–Trinajstić information content (AvgIpc) is 3.85. The van der Waals surface area contributed by atoms with E-state index in [1.165, 1.54) is 34.9 Å². The van der Waals surface area contributed by atoms with Gasteiger partial charge in [-0.25, -0.2) is 14.6 Å². The first-order chi connectivity index (χ1) is 26.5. The molecule has 0 aromatic carbocycles. The fourth-order valence-electron chi connectivity index (χ4n) is 10.9. The molecule has 4 saturated heterocycles. The Bertz CT molecular complexity index is 2210. The zero-order chi connectivity index (χ0) is 37.7. The maximum Gasteiger partial charge on any atom is 0.408 e. The standard InChI is InChI=1S/C39H37N7O9/c47-31(28-17-20-15-26(20)45(28)36(51)52)41-13-1-11-38(41,34(49)43-22-3-4-23(43)6-5-22)30-19-40-33(55-30)39(35(50)44-24-7-8-25(44)10-9-24)12-2-14-42(39)32(48)29-18-21-16-27(21)46(29)37(53)54/h3-10,19-21,26-29H,1-2,11-18H2,(H,51,52)(H,53,54)/t20-,21-,26-,27-,28-,29-,38-,39-/m0/s1. The van der Waals surface area contributed by atoms with Gasteiger partial charge >= 0.3 is 12.2 Å². The van der Waals surface area contributed by atoms with E-state index in [9.17, 15) is 29.4 Å². The van der Waals surface area contributed by atoms with Gasteiger partial charge in [0.1, 0.15) is 12.1 Å². The topological polar surface area (TPSA) is 192 Å². The van der Waals surface area contributed by atoms with Gasteiger partial charge in [-0.15, -0.1) is 0 Å². The predicted molar refractivity (Wildman–Crippen MR) is 190 cm³/mol. The van der Waals surface area contributed by atoms with E-state index >= 15 is 9.59 Å². The summed E-state index contributed by atoms with van der Waals surface area (Å²) in [6.45, 7) is 0.303. The Morgan fingerprint density at radius 1 is 0.618 bits per heavy atom. The number of carbonyl (C=O) groups excluding carboxylic acids is 4. The average molecular weight is 748 g/mol. The highest BCUT2D eigenvalue weighted by atomic mass is 16.4. The van der Waals surface area contributed by atoms with E-state index in [-0.39, 0.29) is 61.5 Å².